The van der Waals surface area contributed by atoms with Crippen LogP contribution in [0.3, 0.4) is 0 Å². The smallest absolute Gasteiger partial charge is 0.119 e. The summed E-state index contributed by atoms with van der Waals surface area (Å²) in [5.41, 5.74) is 2.45. The highest BCUT2D eigenvalue weighted by Crippen LogP contribution is 2.33. The van der Waals surface area contributed by atoms with Crippen molar-refractivity contribution in [2.45, 2.75) is 52.4 Å². The molecule has 1 nitrogen and oxygen atoms in total. The van der Waals surface area contributed by atoms with Gasteiger partial charge in [0.05, 0.1) is 0 Å². The molecule has 19 heavy (non-hydrogen) atoms. The van der Waals surface area contributed by atoms with E-state index in [-0.39, 0.29) is 0 Å². The van der Waals surface area contributed by atoms with Crippen LogP contribution >= 0.6 is 0 Å². The molecule has 0 aliphatic rings. The minimum absolute atomic E-state index is 0.400. The highest BCUT2D eigenvalue weighted by atomic mass is 16.3. The number of phenolic OH excluding ortho intramolecular Hbond substituents is 1. The van der Waals surface area contributed by atoms with Crippen LogP contribution in [-0.2, 0) is 0 Å². The summed E-state index contributed by atoms with van der Waals surface area (Å²) in [5, 5.41) is 12.5. The van der Waals surface area contributed by atoms with Gasteiger partial charge in [0.25, 0.3) is 0 Å². The van der Waals surface area contributed by atoms with Crippen molar-refractivity contribution in [3.05, 3.63) is 41.5 Å². The minimum atomic E-state index is 0.400. The number of aromatic hydroxyl groups is 1. The van der Waals surface area contributed by atoms with Crippen molar-refractivity contribution in [3.63, 3.8) is 0 Å². The number of fused-ring (bicyclic) bond motifs is 1. The zero-order chi connectivity index (χ0) is 14.0. The minimum Gasteiger partial charge on any atom is -0.508 e. The summed E-state index contributed by atoms with van der Waals surface area (Å²) in [6.45, 7) is 8.80. The molecule has 0 amide bonds. The average molecular weight is 256 g/mol. The van der Waals surface area contributed by atoms with Crippen LogP contribution in [-0.4, -0.2) is 5.11 Å². The highest BCUT2D eigenvalue weighted by Gasteiger charge is 2.11. The first-order chi connectivity index (χ1) is 9.06. The molecule has 2 aromatic rings. The summed E-state index contributed by atoms with van der Waals surface area (Å²) in [6.07, 6.45) is 2.20. The maximum atomic E-state index is 10.1. The Hall–Kier alpha value is -1.50. The van der Waals surface area contributed by atoms with Crippen molar-refractivity contribution >= 4 is 10.8 Å². The van der Waals surface area contributed by atoms with Gasteiger partial charge in [-0.25, -0.2) is 0 Å². The predicted octanol–water partition coefficient (Wildman–Crippen LogP) is 5.57. The highest BCUT2D eigenvalue weighted by molar-refractivity contribution is 5.86. The Morgan fingerprint density at radius 1 is 0.895 bits per heavy atom. The summed E-state index contributed by atoms with van der Waals surface area (Å²) in [4.78, 5) is 0. The molecule has 2 aromatic carbocycles. The molecular weight excluding hydrogens is 232 g/mol. The Bertz CT molecular complexity index is 571. The molecule has 0 aliphatic carbocycles. The van der Waals surface area contributed by atoms with Crippen LogP contribution < -0.4 is 0 Å². The fourth-order valence-electron chi connectivity index (χ4n) is 2.48. The van der Waals surface area contributed by atoms with Gasteiger partial charge in [-0.05, 0) is 58.7 Å². The lowest BCUT2D eigenvalue weighted by Crippen LogP contribution is -1.94. The maximum Gasteiger partial charge on any atom is 0.119 e. The van der Waals surface area contributed by atoms with E-state index in [2.05, 4.69) is 52.0 Å². The van der Waals surface area contributed by atoms with Gasteiger partial charge in [0.1, 0.15) is 5.75 Å². The van der Waals surface area contributed by atoms with Crippen LogP contribution in [0.15, 0.2) is 30.3 Å². The molecule has 1 N–H and O–H groups in total. The summed E-state index contributed by atoms with van der Waals surface area (Å²) in [5.74, 6) is 1.42. The van der Waals surface area contributed by atoms with Crippen LogP contribution in [0, 0.1) is 0 Å². The molecule has 2 atom stereocenters. The summed E-state index contributed by atoms with van der Waals surface area (Å²) >= 11 is 0. The Balaban J connectivity index is 2.54. The SMILES string of the molecule is CCC(C)c1ccc2cc(O)c(C(C)CC)cc2c1. The Morgan fingerprint density at radius 2 is 1.58 bits per heavy atom. The maximum absolute atomic E-state index is 10.1. The molecule has 0 heterocycles. The molecule has 102 valence electrons. The monoisotopic (exact) mass is 256 g/mol. The molecular formula is C18H24O. The Morgan fingerprint density at radius 3 is 2.21 bits per heavy atom. The molecule has 0 radical (unpaired) electrons. The largest absolute Gasteiger partial charge is 0.508 e. The first kappa shape index (κ1) is 13.9. The van der Waals surface area contributed by atoms with Gasteiger partial charge in [-0.2, -0.15) is 0 Å². The topological polar surface area (TPSA) is 20.2 Å². The standard InChI is InChI=1S/C18H24O/c1-5-12(3)14-7-8-15-11-18(19)17(13(4)6-2)10-16(15)9-14/h7-13,19H,5-6H2,1-4H3. The third-order valence-corrected chi connectivity index (χ3v) is 4.33. The van der Waals surface area contributed by atoms with Crippen LogP contribution in [0.4, 0.5) is 0 Å². The second kappa shape index (κ2) is 5.64. The first-order valence-corrected chi connectivity index (χ1v) is 7.33. The van der Waals surface area contributed by atoms with Gasteiger partial charge in [0.2, 0.25) is 0 Å². The number of benzene rings is 2. The first-order valence-electron chi connectivity index (χ1n) is 7.33. The van der Waals surface area contributed by atoms with Gasteiger partial charge in [0, 0.05) is 0 Å². The van der Waals surface area contributed by atoms with E-state index >= 15 is 0 Å². The molecule has 0 bridgehead atoms. The molecule has 0 aliphatic heterocycles. The molecule has 2 unspecified atom stereocenters. The number of hydrogen-bond acceptors (Lipinski definition) is 1. The van der Waals surface area contributed by atoms with Gasteiger partial charge in [0.15, 0.2) is 0 Å². The second-order valence-electron chi connectivity index (χ2n) is 5.64. The normalized spacial score (nSPS) is 14.5. The molecule has 2 rings (SSSR count). The molecule has 0 aromatic heterocycles. The Kier molecular flexibility index (Phi) is 4.14. The van der Waals surface area contributed by atoms with E-state index in [0.29, 0.717) is 17.6 Å². The van der Waals surface area contributed by atoms with Crippen LogP contribution in [0.2, 0.25) is 0 Å². The third-order valence-electron chi connectivity index (χ3n) is 4.33. The lowest BCUT2D eigenvalue weighted by atomic mass is 9.92. The number of rotatable bonds is 4. The molecule has 1 heteroatoms. The lowest BCUT2D eigenvalue weighted by Gasteiger charge is -2.14. The predicted molar refractivity (Wildman–Crippen MR) is 83.0 cm³/mol. The lowest BCUT2D eigenvalue weighted by molar-refractivity contribution is 0.463. The van der Waals surface area contributed by atoms with Gasteiger partial charge in [-0.15, -0.1) is 0 Å². The number of hydrogen-bond donors (Lipinski definition) is 1. The average Bonchev–Trinajstić information content (AvgIpc) is 2.44. The molecule has 0 spiro atoms. The van der Waals surface area contributed by atoms with E-state index in [1.54, 1.807) is 0 Å². The van der Waals surface area contributed by atoms with Crippen molar-refractivity contribution in [2.75, 3.05) is 0 Å². The summed E-state index contributed by atoms with van der Waals surface area (Å²) in [7, 11) is 0. The Labute approximate surface area is 116 Å². The van der Waals surface area contributed by atoms with Crippen LogP contribution in [0.25, 0.3) is 10.8 Å². The van der Waals surface area contributed by atoms with Gasteiger partial charge < -0.3 is 5.11 Å². The van der Waals surface area contributed by atoms with E-state index in [4.69, 9.17) is 0 Å². The quantitative estimate of drug-likeness (QED) is 0.758. The summed E-state index contributed by atoms with van der Waals surface area (Å²) in [6, 6.07) is 10.6. The van der Waals surface area contributed by atoms with Crippen LogP contribution in [0.1, 0.15) is 63.5 Å². The van der Waals surface area contributed by atoms with E-state index in [1.807, 2.05) is 6.07 Å². The van der Waals surface area contributed by atoms with Gasteiger partial charge >= 0.3 is 0 Å². The van der Waals surface area contributed by atoms with E-state index < -0.39 is 0 Å². The fourth-order valence-corrected chi connectivity index (χ4v) is 2.48. The van der Waals surface area contributed by atoms with Crippen molar-refractivity contribution in [1.82, 2.24) is 0 Å². The molecule has 0 saturated carbocycles. The molecule has 0 saturated heterocycles. The fraction of sp³-hybridized carbons (Fsp3) is 0.444. The van der Waals surface area contributed by atoms with Crippen molar-refractivity contribution < 1.29 is 5.11 Å². The third kappa shape index (κ3) is 2.75. The molecule has 0 fully saturated rings. The van der Waals surface area contributed by atoms with Crippen molar-refractivity contribution in [1.29, 1.82) is 0 Å². The van der Waals surface area contributed by atoms with Gasteiger partial charge in [-0.3, -0.25) is 0 Å². The number of phenols is 1. The van der Waals surface area contributed by atoms with Crippen LogP contribution in [0.5, 0.6) is 5.75 Å². The van der Waals surface area contributed by atoms with E-state index in [9.17, 15) is 5.11 Å². The zero-order valence-corrected chi connectivity index (χ0v) is 12.4. The van der Waals surface area contributed by atoms with Crippen molar-refractivity contribution in [3.8, 4) is 5.75 Å². The van der Waals surface area contributed by atoms with Gasteiger partial charge in [-0.1, -0.05) is 45.9 Å². The zero-order valence-electron chi connectivity index (χ0n) is 12.4. The van der Waals surface area contributed by atoms with E-state index in [1.165, 1.54) is 10.9 Å². The second-order valence-corrected chi connectivity index (χ2v) is 5.64. The van der Waals surface area contributed by atoms with E-state index in [0.717, 1.165) is 23.8 Å². The summed E-state index contributed by atoms with van der Waals surface area (Å²) < 4.78 is 0. The van der Waals surface area contributed by atoms with Crippen molar-refractivity contribution in [2.24, 2.45) is 0 Å².